The van der Waals surface area contributed by atoms with E-state index in [1.165, 1.54) is 5.56 Å². The van der Waals surface area contributed by atoms with Crippen LogP contribution in [0.4, 0.5) is 0 Å². The second kappa shape index (κ2) is 10.9. The lowest BCUT2D eigenvalue weighted by molar-refractivity contribution is -0.133. The molecule has 2 N–H and O–H groups in total. The number of aryl methyl sites for hydroxylation is 2. The molecule has 1 atom stereocenters. The first kappa shape index (κ1) is 22.0. The molecule has 3 aromatic rings. The van der Waals surface area contributed by atoms with Gasteiger partial charge in [0.05, 0.1) is 24.2 Å². The summed E-state index contributed by atoms with van der Waals surface area (Å²) in [5.41, 5.74) is 2.40. The highest BCUT2D eigenvalue weighted by molar-refractivity contribution is 5.88. The molecular formula is C25H31N5O2. The van der Waals surface area contributed by atoms with Gasteiger partial charge in [-0.15, -0.1) is 0 Å². The summed E-state index contributed by atoms with van der Waals surface area (Å²) in [4.78, 5) is 27.1. The van der Waals surface area contributed by atoms with Gasteiger partial charge in [0.25, 0.3) is 0 Å². The minimum atomic E-state index is -0.394. The summed E-state index contributed by atoms with van der Waals surface area (Å²) in [6.45, 7) is 3.54. The van der Waals surface area contributed by atoms with Crippen molar-refractivity contribution >= 4 is 22.7 Å². The summed E-state index contributed by atoms with van der Waals surface area (Å²) >= 11 is 0. The average Bonchev–Trinajstić information content (AvgIpc) is 3.23. The molecule has 7 heteroatoms. The number of hydrogen-bond donors (Lipinski definition) is 2. The highest BCUT2D eigenvalue weighted by atomic mass is 16.2. The van der Waals surface area contributed by atoms with Gasteiger partial charge in [-0.1, -0.05) is 48.5 Å². The summed E-state index contributed by atoms with van der Waals surface area (Å²) in [5.74, 6) is -0.125. The van der Waals surface area contributed by atoms with Crippen LogP contribution in [0.3, 0.4) is 0 Å². The quantitative estimate of drug-likeness (QED) is 0.481. The Hall–Kier alpha value is -3.19. The Kier molecular flexibility index (Phi) is 7.51. The number of nitrogens with zero attached hydrogens (tertiary/aromatic N) is 3. The molecule has 1 aliphatic heterocycles. The van der Waals surface area contributed by atoms with Crippen LogP contribution in [0.2, 0.25) is 0 Å². The number of aromatic nitrogens is 2. The molecule has 0 saturated carbocycles. The first-order chi connectivity index (χ1) is 15.7. The Morgan fingerprint density at radius 1 is 1.06 bits per heavy atom. The first-order valence-electron chi connectivity index (χ1n) is 11.4. The molecule has 0 spiro atoms. The maximum atomic E-state index is 12.5. The first-order valence-corrected chi connectivity index (χ1v) is 11.4. The van der Waals surface area contributed by atoms with Crippen molar-refractivity contribution in [3.63, 3.8) is 0 Å². The molecule has 7 nitrogen and oxygen atoms in total. The zero-order chi connectivity index (χ0) is 22.2. The number of rotatable bonds is 10. The van der Waals surface area contributed by atoms with Crippen LogP contribution in [-0.2, 0) is 22.6 Å². The molecule has 2 heterocycles. The Labute approximate surface area is 188 Å². The molecule has 1 aliphatic rings. The fraction of sp³-hybridized carbons (Fsp3) is 0.400. The zero-order valence-corrected chi connectivity index (χ0v) is 18.4. The maximum Gasteiger partial charge on any atom is 0.237 e. The third-order valence-electron chi connectivity index (χ3n) is 5.99. The lowest BCUT2D eigenvalue weighted by Crippen LogP contribution is -2.56. The van der Waals surface area contributed by atoms with Crippen molar-refractivity contribution in [3.05, 3.63) is 66.4 Å². The standard InChI is InChI=1S/C25H31N5O2/c31-24(26-13-7-16-30-22-12-5-4-11-21(22)19-28-30)18-23-25(32)27-14-17-29(23)15-6-10-20-8-2-1-3-9-20/h1-5,8-9,11-12,19,23H,6-7,10,13-18H2,(H,26,31)(H,27,32). The minimum absolute atomic E-state index is 0.0471. The van der Waals surface area contributed by atoms with Gasteiger partial charge in [0, 0.05) is 31.6 Å². The van der Waals surface area contributed by atoms with Crippen molar-refractivity contribution < 1.29 is 9.59 Å². The predicted molar refractivity (Wildman–Crippen MR) is 125 cm³/mol. The monoisotopic (exact) mass is 433 g/mol. The fourth-order valence-corrected chi connectivity index (χ4v) is 4.29. The fourth-order valence-electron chi connectivity index (χ4n) is 4.29. The van der Waals surface area contributed by atoms with E-state index in [1.807, 2.05) is 47.3 Å². The normalized spacial score (nSPS) is 16.8. The van der Waals surface area contributed by atoms with Crippen LogP contribution >= 0.6 is 0 Å². The van der Waals surface area contributed by atoms with E-state index >= 15 is 0 Å². The van der Waals surface area contributed by atoms with Gasteiger partial charge in [-0.25, -0.2) is 0 Å². The van der Waals surface area contributed by atoms with Crippen molar-refractivity contribution in [1.29, 1.82) is 0 Å². The zero-order valence-electron chi connectivity index (χ0n) is 18.4. The molecule has 2 amide bonds. The van der Waals surface area contributed by atoms with Gasteiger partial charge < -0.3 is 10.6 Å². The van der Waals surface area contributed by atoms with E-state index in [9.17, 15) is 9.59 Å². The van der Waals surface area contributed by atoms with Crippen LogP contribution in [-0.4, -0.2) is 58.7 Å². The van der Waals surface area contributed by atoms with E-state index in [4.69, 9.17) is 0 Å². The molecule has 1 unspecified atom stereocenters. The summed E-state index contributed by atoms with van der Waals surface area (Å²) in [6, 6.07) is 18.1. The molecule has 0 bridgehead atoms. The number of benzene rings is 2. The Morgan fingerprint density at radius 2 is 1.88 bits per heavy atom. The Balaban J connectivity index is 1.21. The molecule has 0 aliphatic carbocycles. The lowest BCUT2D eigenvalue weighted by atomic mass is 10.1. The van der Waals surface area contributed by atoms with Gasteiger partial charge in [0.15, 0.2) is 0 Å². The number of para-hydroxylation sites is 1. The third-order valence-corrected chi connectivity index (χ3v) is 5.99. The highest BCUT2D eigenvalue weighted by Crippen LogP contribution is 2.13. The molecule has 1 fully saturated rings. The molecule has 1 saturated heterocycles. The summed E-state index contributed by atoms with van der Waals surface area (Å²) in [6.07, 6.45) is 4.78. The number of hydrogen-bond acceptors (Lipinski definition) is 4. The van der Waals surface area contributed by atoms with Crippen molar-refractivity contribution in [2.24, 2.45) is 0 Å². The van der Waals surface area contributed by atoms with E-state index in [0.29, 0.717) is 13.1 Å². The third kappa shape index (κ3) is 5.73. The SMILES string of the molecule is O=C(CC1C(=O)NCCN1CCCc1ccccc1)NCCCn1ncc2ccccc21. The number of carbonyl (C=O) groups excluding carboxylic acids is 2. The van der Waals surface area contributed by atoms with Crippen molar-refractivity contribution in [3.8, 4) is 0 Å². The largest absolute Gasteiger partial charge is 0.356 e. The lowest BCUT2D eigenvalue weighted by Gasteiger charge is -2.34. The van der Waals surface area contributed by atoms with Gasteiger partial charge in [0.2, 0.25) is 11.8 Å². The van der Waals surface area contributed by atoms with E-state index in [0.717, 1.165) is 49.8 Å². The predicted octanol–water partition coefficient (Wildman–Crippen LogP) is 2.37. The molecule has 4 rings (SSSR count). The van der Waals surface area contributed by atoms with Crippen LogP contribution in [0.25, 0.3) is 10.9 Å². The molecular weight excluding hydrogens is 402 g/mol. The number of amides is 2. The number of fused-ring (bicyclic) bond motifs is 1. The van der Waals surface area contributed by atoms with Gasteiger partial charge in [0.1, 0.15) is 0 Å². The second-order valence-electron chi connectivity index (χ2n) is 8.27. The highest BCUT2D eigenvalue weighted by Gasteiger charge is 2.31. The minimum Gasteiger partial charge on any atom is -0.356 e. The van der Waals surface area contributed by atoms with Crippen molar-refractivity contribution in [2.75, 3.05) is 26.2 Å². The smallest absolute Gasteiger partial charge is 0.237 e. The molecule has 2 aromatic carbocycles. The van der Waals surface area contributed by atoms with E-state index in [2.05, 4.69) is 38.8 Å². The van der Waals surface area contributed by atoms with E-state index in [-0.39, 0.29) is 18.2 Å². The maximum absolute atomic E-state index is 12.5. The second-order valence-corrected chi connectivity index (χ2v) is 8.27. The summed E-state index contributed by atoms with van der Waals surface area (Å²) in [5, 5.41) is 11.4. The van der Waals surface area contributed by atoms with Crippen LogP contribution in [0, 0.1) is 0 Å². The van der Waals surface area contributed by atoms with Crippen LogP contribution in [0.5, 0.6) is 0 Å². The van der Waals surface area contributed by atoms with Crippen molar-refractivity contribution in [1.82, 2.24) is 25.3 Å². The van der Waals surface area contributed by atoms with Crippen LogP contribution < -0.4 is 10.6 Å². The Morgan fingerprint density at radius 3 is 2.75 bits per heavy atom. The summed E-state index contributed by atoms with van der Waals surface area (Å²) in [7, 11) is 0. The molecule has 168 valence electrons. The van der Waals surface area contributed by atoms with Gasteiger partial charge in [-0.05, 0) is 37.4 Å². The Bertz CT molecular complexity index is 1030. The topological polar surface area (TPSA) is 79.3 Å². The summed E-state index contributed by atoms with van der Waals surface area (Å²) < 4.78 is 1.96. The molecule has 32 heavy (non-hydrogen) atoms. The van der Waals surface area contributed by atoms with E-state index < -0.39 is 6.04 Å². The van der Waals surface area contributed by atoms with E-state index in [1.54, 1.807) is 0 Å². The van der Waals surface area contributed by atoms with Gasteiger partial charge in [-0.2, -0.15) is 5.10 Å². The molecule has 0 radical (unpaired) electrons. The van der Waals surface area contributed by atoms with Gasteiger partial charge >= 0.3 is 0 Å². The average molecular weight is 434 g/mol. The van der Waals surface area contributed by atoms with Crippen LogP contribution in [0.1, 0.15) is 24.8 Å². The van der Waals surface area contributed by atoms with Gasteiger partial charge in [-0.3, -0.25) is 19.2 Å². The molecule has 1 aromatic heterocycles. The number of carbonyl (C=O) groups is 2. The number of nitrogens with one attached hydrogen (secondary N) is 2. The van der Waals surface area contributed by atoms with Crippen molar-refractivity contribution in [2.45, 2.75) is 38.3 Å². The number of piperazine rings is 1. The van der Waals surface area contributed by atoms with Crippen LogP contribution in [0.15, 0.2) is 60.8 Å².